The quantitative estimate of drug-likeness (QED) is 0.338. The molecular formula is C32H50N4O6. The largest absolute Gasteiger partial charge is 0.444 e. The third-order valence-electron chi connectivity index (χ3n) is 7.06. The summed E-state index contributed by atoms with van der Waals surface area (Å²) in [5.41, 5.74) is -0.778. The molecule has 2 unspecified atom stereocenters. The number of amides is 4. The molecule has 10 nitrogen and oxygen atoms in total. The van der Waals surface area contributed by atoms with Crippen LogP contribution in [0.2, 0.25) is 0 Å². The number of hydrogen-bond acceptors (Lipinski definition) is 6. The minimum absolute atomic E-state index is 0.283. The summed E-state index contributed by atoms with van der Waals surface area (Å²) in [4.78, 5) is 67.5. The normalized spacial score (nSPS) is 18.0. The highest BCUT2D eigenvalue weighted by Crippen LogP contribution is 2.36. The molecule has 0 spiro atoms. The van der Waals surface area contributed by atoms with Crippen molar-refractivity contribution >= 4 is 29.6 Å². The molecule has 1 fully saturated rings. The first-order valence-corrected chi connectivity index (χ1v) is 14.8. The smallest absolute Gasteiger partial charge is 0.408 e. The van der Waals surface area contributed by atoms with Gasteiger partial charge in [-0.1, -0.05) is 78.3 Å². The second-order valence-electron chi connectivity index (χ2n) is 14.0. The lowest BCUT2D eigenvalue weighted by Gasteiger charge is -2.36. The van der Waals surface area contributed by atoms with Gasteiger partial charge in [0.25, 0.3) is 5.91 Å². The predicted molar refractivity (Wildman–Crippen MR) is 162 cm³/mol. The number of rotatable bonds is 11. The molecule has 0 aliphatic carbocycles. The number of likely N-dealkylation sites (tertiary alicyclic amines) is 1. The van der Waals surface area contributed by atoms with E-state index in [9.17, 15) is 24.0 Å². The number of alkyl carbamates (subject to hydrolysis) is 1. The molecule has 1 heterocycles. The van der Waals surface area contributed by atoms with Crippen LogP contribution in [0.15, 0.2) is 30.3 Å². The fraction of sp³-hybridized carbons (Fsp3) is 0.656. The van der Waals surface area contributed by atoms with Crippen LogP contribution in [0.25, 0.3) is 0 Å². The fourth-order valence-corrected chi connectivity index (χ4v) is 5.01. The summed E-state index contributed by atoms with van der Waals surface area (Å²) < 4.78 is 5.40. The van der Waals surface area contributed by atoms with Gasteiger partial charge in [0.15, 0.2) is 0 Å². The van der Waals surface area contributed by atoms with E-state index in [-0.39, 0.29) is 11.8 Å². The first-order chi connectivity index (χ1) is 19.3. The van der Waals surface area contributed by atoms with Gasteiger partial charge in [0.05, 0.1) is 6.04 Å². The Balaban J connectivity index is 2.17. The average Bonchev–Trinajstić information content (AvgIpc) is 3.20. The van der Waals surface area contributed by atoms with Gasteiger partial charge in [-0.05, 0) is 56.4 Å². The van der Waals surface area contributed by atoms with E-state index in [1.165, 1.54) is 4.90 Å². The van der Waals surface area contributed by atoms with Crippen molar-refractivity contribution in [2.75, 3.05) is 13.1 Å². The molecule has 0 radical (unpaired) electrons. The van der Waals surface area contributed by atoms with Gasteiger partial charge < -0.3 is 25.6 Å². The molecule has 1 aliphatic rings. The van der Waals surface area contributed by atoms with Gasteiger partial charge in [-0.25, -0.2) is 4.79 Å². The van der Waals surface area contributed by atoms with Crippen LogP contribution in [0.3, 0.4) is 0 Å². The van der Waals surface area contributed by atoms with E-state index in [2.05, 4.69) is 16.0 Å². The Bertz CT molecular complexity index is 1120. The molecule has 1 aromatic rings. The Morgan fingerprint density at radius 1 is 1.00 bits per heavy atom. The lowest BCUT2D eigenvalue weighted by Crippen LogP contribution is -2.59. The third-order valence-corrected chi connectivity index (χ3v) is 7.06. The van der Waals surface area contributed by atoms with Crippen LogP contribution in [0.5, 0.6) is 0 Å². The highest BCUT2D eigenvalue weighted by atomic mass is 16.6. The Kier molecular flexibility index (Phi) is 11.7. The van der Waals surface area contributed by atoms with E-state index < -0.39 is 58.7 Å². The zero-order chi connectivity index (χ0) is 31.9. The van der Waals surface area contributed by atoms with E-state index in [0.29, 0.717) is 32.4 Å². The van der Waals surface area contributed by atoms with Crippen molar-refractivity contribution in [1.29, 1.82) is 0 Å². The van der Waals surface area contributed by atoms with Crippen molar-refractivity contribution in [2.24, 2.45) is 10.8 Å². The van der Waals surface area contributed by atoms with Crippen molar-refractivity contribution in [3.05, 3.63) is 35.9 Å². The fourth-order valence-electron chi connectivity index (χ4n) is 5.01. The Morgan fingerprint density at radius 3 is 2.17 bits per heavy atom. The monoisotopic (exact) mass is 586 g/mol. The van der Waals surface area contributed by atoms with Gasteiger partial charge >= 0.3 is 6.09 Å². The summed E-state index contributed by atoms with van der Waals surface area (Å²) in [5.74, 6) is -2.37. The molecule has 10 heteroatoms. The number of Topliss-reactive ketones (excluding diaryl/α,β-unsaturated/α-hetero) is 1. The lowest BCUT2D eigenvalue weighted by atomic mass is 9.85. The molecule has 3 N–H and O–H groups in total. The molecule has 4 amide bonds. The number of hydrogen-bond donors (Lipinski definition) is 3. The molecule has 1 aliphatic heterocycles. The van der Waals surface area contributed by atoms with Gasteiger partial charge in [0, 0.05) is 13.1 Å². The topological polar surface area (TPSA) is 134 Å². The average molecular weight is 587 g/mol. The molecule has 1 saturated heterocycles. The van der Waals surface area contributed by atoms with E-state index >= 15 is 0 Å². The number of ketones is 1. The molecule has 42 heavy (non-hydrogen) atoms. The van der Waals surface area contributed by atoms with Gasteiger partial charge in [-0.2, -0.15) is 0 Å². The summed E-state index contributed by atoms with van der Waals surface area (Å²) in [6, 6.07) is 6.76. The van der Waals surface area contributed by atoms with Crippen LogP contribution in [0, 0.1) is 10.8 Å². The predicted octanol–water partition coefficient (Wildman–Crippen LogP) is 3.77. The van der Waals surface area contributed by atoms with E-state index in [1.54, 1.807) is 20.8 Å². The Morgan fingerprint density at radius 2 is 1.62 bits per heavy atom. The lowest BCUT2D eigenvalue weighted by molar-refractivity contribution is -0.144. The molecule has 3 atom stereocenters. The summed E-state index contributed by atoms with van der Waals surface area (Å²) in [7, 11) is 0. The van der Waals surface area contributed by atoms with Gasteiger partial charge in [0.2, 0.25) is 17.6 Å². The highest BCUT2D eigenvalue weighted by Gasteiger charge is 2.48. The zero-order valence-corrected chi connectivity index (χ0v) is 26.8. The van der Waals surface area contributed by atoms with Crippen molar-refractivity contribution in [1.82, 2.24) is 20.9 Å². The van der Waals surface area contributed by atoms with Crippen LogP contribution < -0.4 is 16.0 Å². The van der Waals surface area contributed by atoms with Gasteiger partial charge in [-0.15, -0.1) is 0 Å². The molecule has 0 aromatic heterocycles. The number of benzene rings is 1. The number of carbonyl (C=O) groups is 5. The number of ether oxygens (including phenoxy) is 1. The maximum Gasteiger partial charge on any atom is 0.408 e. The van der Waals surface area contributed by atoms with Crippen LogP contribution in [-0.2, 0) is 30.3 Å². The Hall–Kier alpha value is -3.43. The number of carbonyl (C=O) groups excluding carboxylic acids is 5. The summed E-state index contributed by atoms with van der Waals surface area (Å²) in [6.45, 7) is 17.1. The first-order valence-electron chi connectivity index (χ1n) is 14.8. The maximum absolute atomic E-state index is 13.9. The van der Waals surface area contributed by atoms with Gasteiger partial charge in [0.1, 0.15) is 17.7 Å². The van der Waals surface area contributed by atoms with E-state index in [4.69, 9.17) is 4.74 Å². The molecular weight excluding hydrogens is 536 g/mol. The highest BCUT2D eigenvalue weighted by molar-refractivity contribution is 6.38. The van der Waals surface area contributed by atoms with Crippen LogP contribution in [-0.4, -0.2) is 71.3 Å². The second kappa shape index (κ2) is 14.2. The molecule has 234 valence electrons. The number of nitrogens with one attached hydrogen (secondary N) is 3. The molecule has 0 bridgehead atoms. The minimum Gasteiger partial charge on any atom is -0.444 e. The van der Waals surface area contributed by atoms with Crippen LogP contribution in [0.1, 0.15) is 87.1 Å². The van der Waals surface area contributed by atoms with Crippen LogP contribution >= 0.6 is 0 Å². The van der Waals surface area contributed by atoms with Crippen molar-refractivity contribution < 1.29 is 28.7 Å². The van der Waals surface area contributed by atoms with Crippen molar-refractivity contribution in [3.8, 4) is 0 Å². The van der Waals surface area contributed by atoms with Crippen LogP contribution in [0.4, 0.5) is 4.79 Å². The minimum atomic E-state index is -1.02. The molecule has 0 saturated carbocycles. The number of nitrogens with zero attached hydrogens (tertiary/aromatic N) is 1. The van der Waals surface area contributed by atoms with Crippen molar-refractivity contribution in [3.63, 3.8) is 0 Å². The zero-order valence-electron chi connectivity index (χ0n) is 26.8. The molecule has 1 aromatic carbocycles. The first kappa shape index (κ1) is 34.8. The van der Waals surface area contributed by atoms with E-state index in [0.717, 1.165) is 5.56 Å². The standard InChI is InChI=1S/C32H50N4O6/c1-10-14-22(24(37)27(39)33-18-17-21-15-12-11-13-16-21)34-26(38)23-19-32(8,9)20-36(23)28(40)25(30(2,3)4)35-29(41)42-31(5,6)7/h11-13,15-16,22-23,25H,10,14,17-20H2,1-9H3,(H,33,39)(H,34,38)(H,35,41)/t22?,23?,25-/m1/s1. The Labute approximate surface area is 250 Å². The maximum atomic E-state index is 13.9. The summed E-state index contributed by atoms with van der Waals surface area (Å²) in [6.07, 6.45) is 1.07. The third kappa shape index (κ3) is 10.4. The van der Waals surface area contributed by atoms with Crippen molar-refractivity contribution in [2.45, 2.75) is 112 Å². The SMILES string of the molecule is CCCC(NC(=O)C1CC(C)(C)CN1C(=O)[C@@H](NC(=O)OC(C)(C)C)C(C)(C)C)C(=O)C(=O)NCCc1ccccc1. The molecule has 2 rings (SSSR count). The van der Waals surface area contributed by atoms with E-state index in [1.807, 2.05) is 71.9 Å². The summed E-state index contributed by atoms with van der Waals surface area (Å²) in [5, 5.41) is 8.14. The summed E-state index contributed by atoms with van der Waals surface area (Å²) >= 11 is 0. The second-order valence-corrected chi connectivity index (χ2v) is 14.0. The van der Waals surface area contributed by atoms with Gasteiger partial charge in [-0.3, -0.25) is 19.2 Å².